The highest BCUT2D eigenvalue weighted by Crippen LogP contribution is 2.32. The van der Waals surface area contributed by atoms with Gasteiger partial charge in [0.15, 0.2) is 0 Å². The molecule has 2 N–H and O–H groups in total. The molecule has 6 nitrogen and oxygen atoms in total. The Morgan fingerprint density at radius 2 is 2.13 bits per heavy atom. The number of carboxylic acids is 1. The molecule has 1 aromatic rings. The van der Waals surface area contributed by atoms with Crippen LogP contribution in [0.15, 0.2) is 23.1 Å². The first-order chi connectivity index (χ1) is 11.0. The van der Waals surface area contributed by atoms with E-state index in [1.807, 2.05) is 13.0 Å². The minimum atomic E-state index is -0.863. The van der Waals surface area contributed by atoms with Gasteiger partial charge in [-0.05, 0) is 24.1 Å². The average Bonchev–Trinajstić information content (AvgIpc) is 2.79. The summed E-state index contributed by atoms with van der Waals surface area (Å²) in [5, 5.41) is 12.0. The maximum Gasteiger partial charge on any atom is 0.308 e. The number of anilines is 1. The van der Waals surface area contributed by atoms with Gasteiger partial charge in [0.05, 0.1) is 11.6 Å². The standard InChI is InChI=1S/C16H18N2O4S/c1-9-7-18(8-11(9)16(21)22)15(20)10-2-3-13-12(6-10)17-14(19)4-5-23-13/h2-3,6,9,11H,4-5,7-8H2,1H3,(H,17,19)(H,21,22)/t9-,11-/m1/s1. The smallest absolute Gasteiger partial charge is 0.308 e. The van der Waals surface area contributed by atoms with E-state index in [2.05, 4.69) is 5.32 Å². The van der Waals surface area contributed by atoms with Gasteiger partial charge in [-0.2, -0.15) is 0 Å². The Labute approximate surface area is 138 Å². The SMILES string of the molecule is C[C@@H]1CN(C(=O)c2ccc3c(c2)NC(=O)CCS3)C[C@H]1C(=O)O. The van der Waals surface area contributed by atoms with Gasteiger partial charge in [-0.1, -0.05) is 6.92 Å². The van der Waals surface area contributed by atoms with Gasteiger partial charge in [0.25, 0.3) is 5.91 Å². The monoisotopic (exact) mass is 334 g/mol. The molecule has 3 rings (SSSR count). The van der Waals surface area contributed by atoms with Gasteiger partial charge in [0.2, 0.25) is 5.91 Å². The van der Waals surface area contributed by atoms with Crippen LogP contribution in [0.4, 0.5) is 5.69 Å². The predicted molar refractivity (Wildman–Crippen MR) is 86.6 cm³/mol. The van der Waals surface area contributed by atoms with E-state index in [-0.39, 0.29) is 24.3 Å². The number of thioether (sulfide) groups is 1. The lowest BCUT2D eigenvalue weighted by Crippen LogP contribution is -2.30. The number of carbonyl (C=O) groups excluding carboxylic acids is 2. The zero-order valence-corrected chi connectivity index (χ0v) is 13.6. The highest BCUT2D eigenvalue weighted by Gasteiger charge is 2.37. The molecule has 0 bridgehead atoms. The molecule has 1 saturated heterocycles. The molecule has 7 heteroatoms. The first kappa shape index (κ1) is 15.9. The van der Waals surface area contributed by atoms with Crippen molar-refractivity contribution >= 4 is 35.2 Å². The summed E-state index contributed by atoms with van der Waals surface area (Å²) in [4.78, 5) is 38.0. The molecule has 0 saturated carbocycles. The summed E-state index contributed by atoms with van der Waals surface area (Å²) in [5.41, 5.74) is 1.13. The third-order valence-corrected chi connectivity index (χ3v) is 5.38. The third kappa shape index (κ3) is 3.19. The quantitative estimate of drug-likeness (QED) is 0.863. The number of likely N-dealkylation sites (tertiary alicyclic amines) is 1. The number of rotatable bonds is 2. The fraction of sp³-hybridized carbons (Fsp3) is 0.438. The molecule has 23 heavy (non-hydrogen) atoms. The maximum absolute atomic E-state index is 12.6. The molecule has 2 aliphatic rings. The summed E-state index contributed by atoms with van der Waals surface area (Å²) in [6.07, 6.45) is 0.451. The Balaban J connectivity index is 1.81. The number of hydrogen-bond donors (Lipinski definition) is 2. The van der Waals surface area contributed by atoms with Crippen LogP contribution >= 0.6 is 11.8 Å². The number of nitrogens with zero attached hydrogens (tertiary/aromatic N) is 1. The molecule has 2 atom stereocenters. The van der Waals surface area contributed by atoms with Gasteiger partial charge < -0.3 is 15.3 Å². The van der Waals surface area contributed by atoms with E-state index >= 15 is 0 Å². The summed E-state index contributed by atoms with van der Waals surface area (Å²) in [7, 11) is 0. The van der Waals surface area contributed by atoms with Gasteiger partial charge in [-0.25, -0.2) is 0 Å². The van der Waals surface area contributed by atoms with Crippen LogP contribution in [0.2, 0.25) is 0 Å². The molecule has 122 valence electrons. The number of benzene rings is 1. The van der Waals surface area contributed by atoms with Crippen LogP contribution in [0, 0.1) is 11.8 Å². The van der Waals surface area contributed by atoms with E-state index in [1.165, 1.54) is 0 Å². The largest absolute Gasteiger partial charge is 0.481 e. The maximum atomic E-state index is 12.6. The molecule has 1 fully saturated rings. The van der Waals surface area contributed by atoms with Gasteiger partial charge in [0, 0.05) is 35.7 Å². The summed E-state index contributed by atoms with van der Waals surface area (Å²) < 4.78 is 0. The summed E-state index contributed by atoms with van der Waals surface area (Å²) in [6, 6.07) is 5.27. The molecule has 0 unspecified atom stereocenters. The molecule has 0 radical (unpaired) electrons. The first-order valence-electron chi connectivity index (χ1n) is 7.54. The number of aliphatic carboxylic acids is 1. The van der Waals surface area contributed by atoms with Crippen LogP contribution in [0.25, 0.3) is 0 Å². The first-order valence-corrected chi connectivity index (χ1v) is 8.53. The van der Waals surface area contributed by atoms with Crippen molar-refractivity contribution in [3.8, 4) is 0 Å². The second kappa shape index (κ2) is 6.23. The van der Waals surface area contributed by atoms with E-state index in [0.717, 1.165) is 10.6 Å². The van der Waals surface area contributed by atoms with Gasteiger partial charge in [-0.3, -0.25) is 14.4 Å². The lowest BCUT2D eigenvalue weighted by atomic mass is 9.99. The van der Waals surface area contributed by atoms with Gasteiger partial charge in [-0.15, -0.1) is 11.8 Å². The molecule has 1 aromatic carbocycles. The fourth-order valence-corrected chi connectivity index (χ4v) is 3.93. The van der Waals surface area contributed by atoms with E-state index in [0.29, 0.717) is 24.2 Å². The van der Waals surface area contributed by atoms with Gasteiger partial charge >= 0.3 is 5.97 Å². The van der Waals surface area contributed by atoms with Crippen molar-refractivity contribution in [3.63, 3.8) is 0 Å². The highest BCUT2D eigenvalue weighted by atomic mass is 32.2. The molecule has 0 spiro atoms. The molecular weight excluding hydrogens is 316 g/mol. The van der Waals surface area contributed by atoms with Crippen molar-refractivity contribution in [2.24, 2.45) is 11.8 Å². The fourth-order valence-electron chi connectivity index (χ4n) is 2.99. The van der Waals surface area contributed by atoms with Crippen molar-refractivity contribution in [2.75, 3.05) is 24.2 Å². The molecule has 2 heterocycles. The zero-order chi connectivity index (χ0) is 16.6. The third-order valence-electron chi connectivity index (χ3n) is 4.30. The second-order valence-electron chi connectivity index (χ2n) is 5.99. The topological polar surface area (TPSA) is 86.7 Å². The predicted octanol–water partition coefficient (Wildman–Crippen LogP) is 1.91. The number of amides is 2. The lowest BCUT2D eigenvalue weighted by molar-refractivity contribution is -0.142. The van der Waals surface area contributed by atoms with E-state index in [4.69, 9.17) is 0 Å². The Morgan fingerprint density at radius 1 is 1.35 bits per heavy atom. The van der Waals surface area contributed by atoms with Crippen molar-refractivity contribution < 1.29 is 19.5 Å². The molecular formula is C16H18N2O4S. The molecule has 0 aliphatic carbocycles. The second-order valence-corrected chi connectivity index (χ2v) is 7.13. The summed E-state index contributed by atoms with van der Waals surface area (Å²) in [5.74, 6) is -0.967. The summed E-state index contributed by atoms with van der Waals surface area (Å²) in [6.45, 7) is 2.52. The Bertz CT molecular complexity index is 676. The summed E-state index contributed by atoms with van der Waals surface area (Å²) >= 11 is 1.58. The highest BCUT2D eigenvalue weighted by molar-refractivity contribution is 7.99. The number of carboxylic acid groups (broad SMARTS) is 1. The molecule has 2 amide bonds. The zero-order valence-electron chi connectivity index (χ0n) is 12.7. The molecule has 2 aliphatic heterocycles. The van der Waals surface area contributed by atoms with Crippen LogP contribution in [0.3, 0.4) is 0 Å². The van der Waals surface area contributed by atoms with E-state index in [1.54, 1.807) is 28.8 Å². The average molecular weight is 334 g/mol. The minimum absolute atomic E-state index is 0.0541. The van der Waals surface area contributed by atoms with Crippen LogP contribution in [-0.4, -0.2) is 46.6 Å². The normalized spacial score (nSPS) is 23.9. The Hall–Kier alpha value is -2.02. The van der Waals surface area contributed by atoms with Crippen molar-refractivity contribution in [1.82, 2.24) is 4.90 Å². The van der Waals surface area contributed by atoms with Crippen molar-refractivity contribution in [3.05, 3.63) is 23.8 Å². The Kier molecular flexibility index (Phi) is 4.30. The number of fused-ring (bicyclic) bond motifs is 1. The van der Waals surface area contributed by atoms with Crippen molar-refractivity contribution in [2.45, 2.75) is 18.2 Å². The van der Waals surface area contributed by atoms with E-state index < -0.39 is 11.9 Å². The van der Waals surface area contributed by atoms with Crippen LogP contribution in [-0.2, 0) is 9.59 Å². The number of nitrogens with one attached hydrogen (secondary N) is 1. The lowest BCUT2D eigenvalue weighted by Gasteiger charge is -2.17. The van der Waals surface area contributed by atoms with E-state index in [9.17, 15) is 19.5 Å². The molecule has 0 aromatic heterocycles. The van der Waals surface area contributed by atoms with Crippen molar-refractivity contribution in [1.29, 1.82) is 0 Å². The number of carbonyl (C=O) groups is 3. The van der Waals surface area contributed by atoms with Gasteiger partial charge in [0.1, 0.15) is 0 Å². The van der Waals surface area contributed by atoms with Crippen LogP contribution < -0.4 is 5.32 Å². The van der Waals surface area contributed by atoms with Crippen LogP contribution in [0.5, 0.6) is 0 Å². The minimum Gasteiger partial charge on any atom is -0.481 e. The Morgan fingerprint density at radius 3 is 2.83 bits per heavy atom. The number of hydrogen-bond acceptors (Lipinski definition) is 4. The van der Waals surface area contributed by atoms with Crippen LogP contribution in [0.1, 0.15) is 23.7 Å².